The second-order valence-corrected chi connectivity index (χ2v) is 20.5. The van der Waals surface area contributed by atoms with E-state index in [9.17, 15) is 0 Å². The van der Waals surface area contributed by atoms with Crippen LogP contribution in [0, 0.1) is 0 Å². The average Bonchev–Trinajstić information content (AvgIpc) is 3.73. The summed E-state index contributed by atoms with van der Waals surface area (Å²) < 4.78 is 21.9. The normalized spacial score (nSPS) is 19.2. The van der Waals surface area contributed by atoms with Crippen LogP contribution in [0.5, 0.6) is 0 Å². The van der Waals surface area contributed by atoms with Gasteiger partial charge >= 0.3 is 0 Å². The fourth-order valence-corrected chi connectivity index (χ4v) is 10.4. The minimum absolute atomic E-state index is 0.0170. The summed E-state index contributed by atoms with van der Waals surface area (Å²) in [6.07, 6.45) is 2.10. The Balaban J connectivity index is 1.35. The maximum atomic E-state index is 7.71. The van der Waals surface area contributed by atoms with Gasteiger partial charge < -0.3 is 23.7 Å². The maximum absolute atomic E-state index is 7.71. The Bertz CT molecular complexity index is 1900. The smallest absolute Gasteiger partial charge is 0.195 e. The van der Waals surface area contributed by atoms with Gasteiger partial charge in [0.15, 0.2) is 25.7 Å². The largest absolute Gasteiger partial charge is 0.399 e. The van der Waals surface area contributed by atoms with Crippen molar-refractivity contribution in [3.05, 3.63) is 167 Å². The molecule has 7 heteroatoms. The summed E-state index contributed by atoms with van der Waals surface area (Å²) in [5.74, 6) is -0.0170. The first-order chi connectivity index (χ1) is 26.9. The number of ether oxygens (including phenoxy) is 2. The maximum Gasteiger partial charge on any atom is 0.195 e. The summed E-state index contributed by atoms with van der Waals surface area (Å²) in [6, 6.07) is 52.1. The molecule has 0 saturated carbocycles. The van der Waals surface area contributed by atoms with Crippen LogP contribution in [-0.4, -0.2) is 83.8 Å². The molecule has 0 bridgehead atoms. The van der Waals surface area contributed by atoms with Gasteiger partial charge in [-0.15, -0.1) is 0 Å². The van der Waals surface area contributed by atoms with Crippen LogP contribution in [0.15, 0.2) is 140 Å². The van der Waals surface area contributed by atoms with Crippen LogP contribution < -0.4 is 9.80 Å². The van der Waals surface area contributed by atoms with E-state index in [4.69, 9.17) is 13.9 Å². The molecule has 8 rings (SSSR count). The van der Waals surface area contributed by atoms with Crippen molar-refractivity contribution in [2.45, 2.75) is 50.0 Å². The van der Waals surface area contributed by atoms with Gasteiger partial charge in [-0.3, -0.25) is 0 Å². The van der Waals surface area contributed by atoms with Gasteiger partial charge in [-0.05, 0) is 78.3 Å². The standard InChI is InChI=1S/C48H56N3O3Si/c1-55(2,3)54-48(41-16-9-5-10-17-41,42-18-11-6-12-19-42)45-20-13-29-51(45)47(40-14-7-4-8-15-40)46(38-21-25-43(26-22-38)49-30-34-52-35-31-49)39-23-27-44(28-24-39)50-32-36-53-37-33-50/h4-12,14-19,21-28,45-46H,13,20,29-37H2,1-3H3/q+1. The highest BCUT2D eigenvalue weighted by Gasteiger charge is 2.55. The van der Waals surface area contributed by atoms with Crippen LogP contribution >= 0.6 is 0 Å². The number of hydrogen-bond acceptors (Lipinski definition) is 5. The number of benzene rings is 5. The van der Waals surface area contributed by atoms with E-state index in [1.54, 1.807) is 0 Å². The van der Waals surface area contributed by atoms with Gasteiger partial charge in [0.2, 0.25) is 0 Å². The van der Waals surface area contributed by atoms with Crippen LogP contribution in [0.4, 0.5) is 11.4 Å². The van der Waals surface area contributed by atoms with Gasteiger partial charge in [0.05, 0.1) is 32.3 Å². The summed E-state index contributed by atoms with van der Waals surface area (Å²) in [4.78, 5) is 4.89. The molecule has 3 heterocycles. The first-order valence-corrected chi connectivity index (χ1v) is 23.7. The highest BCUT2D eigenvalue weighted by molar-refractivity contribution is 6.69. The van der Waals surface area contributed by atoms with Gasteiger partial charge in [-0.1, -0.05) is 103 Å². The van der Waals surface area contributed by atoms with Crippen LogP contribution in [0.2, 0.25) is 19.6 Å². The van der Waals surface area contributed by atoms with Gasteiger partial charge in [0.1, 0.15) is 6.54 Å². The second kappa shape index (κ2) is 16.7. The van der Waals surface area contributed by atoms with Gasteiger partial charge in [-0.2, -0.15) is 0 Å². The highest BCUT2D eigenvalue weighted by Crippen LogP contribution is 2.45. The van der Waals surface area contributed by atoms with Gasteiger partial charge in [-0.25, -0.2) is 4.58 Å². The average molecular weight is 751 g/mol. The predicted molar refractivity (Wildman–Crippen MR) is 228 cm³/mol. The van der Waals surface area contributed by atoms with E-state index in [1.807, 2.05) is 0 Å². The Morgan fingerprint density at radius 1 is 0.618 bits per heavy atom. The monoisotopic (exact) mass is 750 g/mol. The van der Waals surface area contributed by atoms with E-state index in [1.165, 1.54) is 44.9 Å². The van der Waals surface area contributed by atoms with Crippen molar-refractivity contribution in [1.29, 1.82) is 0 Å². The molecule has 284 valence electrons. The van der Waals surface area contributed by atoms with Crippen LogP contribution in [0.1, 0.15) is 46.6 Å². The summed E-state index contributed by atoms with van der Waals surface area (Å²) >= 11 is 0. The lowest BCUT2D eigenvalue weighted by molar-refractivity contribution is -0.563. The third-order valence-electron chi connectivity index (χ3n) is 11.5. The van der Waals surface area contributed by atoms with Crippen LogP contribution in [0.25, 0.3) is 0 Å². The van der Waals surface area contributed by atoms with E-state index in [2.05, 4.69) is 174 Å². The fraction of sp³-hybridized carbons (Fsp3) is 0.354. The summed E-state index contributed by atoms with van der Waals surface area (Å²) in [6.45, 7) is 14.7. The quantitative estimate of drug-likeness (QED) is 0.0996. The summed E-state index contributed by atoms with van der Waals surface area (Å²) in [5, 5.41) is 0. The minimum atomic E-state index is -2.13. The first kappa shape index (κ1) is 37.4. The Morgan fingerprint density at radius 2 is 1.05 bits per heavy atom. The third kappa shape index (κ3) is 8.08. The highest BCUT2D eigenvalue weighted by atomic mass is 28.4. The Kier molecular flexibility index (Phi) is 11.3. The molecule has 0 N–H and O–H groups in total. The zero-order valence-electron chi connectivity index (χ0n) is 32.8. The molecule has 3 saturated heterocycles. The zero-order valence-corrected chi connectivity index (χ0v) is 33.8. The molecule has 3 fully saturated rings. The first-order valence-electron chi connectivity index (χ1n) is 20.3. The SMILES string of the molecule is C[Si](C)(C)OC(c1ccccc1)(c1ccccc1)C1CCC[N+]1=C(c1ccccc1)C(c1ccc(N2CCOCC2)cc1)c1ccc(N2CCOCC2)cc1. The van der Waals surface area contributed by atoms with Crippen LogP contribution in [-0.2, 0) is 19.5 Å². The third-order valence-corrected chi connectivity index (χ3v) is 12.4. The molecule has 3 aliphatic rings. The van der Waals surface area contributed by atoms with Crippen molar-refractivity contribution in [2.75, 3.05) is 69.0 Å². The van der Waals surface area contributed by atoms with Crippen molar-refractivity contribution in [2.24, 2.45) is 0 Å². The van der Waals surface area contributed by atoms with Crippen molar-refractivity contribution < 1.29 is 18.5 Å². The molecular formula is C48H56N3O3Si+. The van der Waals surface area contributed by atoms with E-state index in [0.717, 1.165) is 72.0 Å². The molecule has 5 aromatic rings. The minimum Gasteiger partial charge on any atom is -0.399 e. The number of anilines is 2. The topological polar surface area (TPSA) is 37.2 Å². The molecule has 3 aliphatic heterocycles. The van der Waals surface area contributed by atoms with Crippen molar-refractivity contribution in [1.82, 2.24) is 0 Å². The second-order valence-electron chi connectivity index (χ2n) is 16.1. The molecule has 0 spiro atoms. The lowest BCUT2D eigenvalue weighted by Gasteiger charge is -2.42. The van der Waals surface area contributed by atoms with Crippen LogP contribution in [0.3, 0.4) is 0 Å². The van der Waals surface area contributed by atoms with Crippen molar-refractivity contribution >= 4 is 25.4 Å². The molecular weight excluding hydrogens is 695 g/mol. The van der Waals surface area contributed by atoms with Crippen molar-refractivity contribution in [3.63, 3.8) is 0 Å². The lowest BCUT2D eigenvalue weighted by atomic mass is 9.78. The zero-order chi connectivity index (χ0) is 37.7. The lowest BCUT2D eigenvalue weighted by Crippen LogP contribution is -2.53. The molecule has 55 heavy (non-hydrogen) atoms. The summed E-state index contributed by atoms with van der Waals surface area (Å²) in [7, 11) is -2.13. The van der Waals surface area contributed by atoms with Crippen molar-refractivity contribution in [3.8, 4) is 0 Å². The molecule has 1 unspecified atom stereocenters. The van der Waals surface area contributed by atoms with E-state index in [-0.39, 0.29) is 12.0 Å². The van der Waals surface area contributed by atoms with Gasteiger partial charge in [0, 0.05) is 56.0 Å². The molecule has 0 radical (unpaired) electrons. The number of morpholine rings is 2. The Labute approximate surface area is 329 Å². The van der Waals surface area contributed by atoms with E-state index in [0.29, 0.717) is 0 Å². The Hall–Kier alpha value is -4.53. The predicted octanol–water partition coefficient (Wildman–Crippen LogP) is 8.95. The number of rotatable bonds is 11. The molecule has 6 nitrogen and oxygen atoms in total. The molecule has 1 atom stereocenters. The number of hydrogen-bond donors (Lipinski definition) is 0. The van der Waals surface area contributed by atoms with Gasteiger partial charge in [0.25, 0.3) is 0 Å². The number of nitrogens with zero attached hydrogens (tertiary/aromatic N) is 3. The molecule has 0 amide bonds. The summed E-state index contributed by atoms with van der Waals surface area (Å²) in [5.41, 5.74) is 9.42. The molecule has 0 aliphatic carbocycles. The molecule has 5 aromatic carbocycles. The van der Waals surface area contributed by atoms with E-state index < -0.39 is 13.9 Å². The molecule has 0 aromatic heterocycles. The Morgan fingerprint density at radius 3 is 1.49 bits per heavy atom. The van der Waals surface area contributed by atoms with E-state index >= 15 is 0 Å². The fourth-order valence-electron chi connectivity index (χ4n) is 9.08.